The van der Waals surface area contributed by atoms with E-state index in [0.29, 0.717) is 23.7 Å². The molecule has 0 spiro atoms. The second kappa shape index (κ2) is 8.71. The minimum Gasteiger partial charge on any atom is -0.490 e. The monoisotopic (exact) mass is 364 g/mol. The Bertz CT molecular complexity index is 950. The number of para-hydroxylation sites is 2. The third kappa shape index (κ3) is 4.55. The summed E-state index contributed by atoms with van der Waals surface area (Å²) in [5.41, 5.74) is 5.26. The van der Waals surface area contributed by atoms with Gasteiger partial charge in [-0.1, -0.05) is 48.5 Å². The SMILES string of the molecule is CCOc1ccccc1OCC(=O)NNC(=O)c1cccc2ccccc12. The van der Waals surface area contributed by atoms with Crippen molar-refractivity contribution in [2.45, 2.75) is 6.92 Å². The first kappa shape index (κ1) is 18.3. The average molecular weight is 364 g/mol. The topological polar surface area (TPSA) is 76.7 Å². The van der Waals surface area contributed by atoms with E-state index in [2.05, 4.69) is 10.9 Å². The molecule has 0 unspecified atom stereocenters. The summed E-state index contributed by atoms with van der Waals surface area (Å²) in [6.07, 6.45) is 0. The van der Waals surface area contributed by atoms with Gasteiger partial charge in [0, 0.05) is 5.56 Å². The number of fused-ring (bicyclic) bond motifs is 1. The zero-order valence-electron chi connectivity index (χ0n) is 14.9. The van der Waals surface area contributed by atoms with Gasteiger partial charge in [-0.2, -0.15) is 0 Å². The van der Waals surface area contributed by atoms with Crippen molar-refractivity contribution < 1.29 is 19.1 Å². The quantitative estimate of drug-likeness (QED) is 0.659. The Labute approximate surface area is 157 Å². The van der Waals surface area contributed by atoms with Gasteiger partial charge in [-0.25, -0.2) is 0 Å². The minimum atomic E-state index is -0.477. The second-order valence-corrected chi connectivity index (χ2v) is 5.70. The Hall–Kier alpha value is -3.54. The van der Waals surface area contributed by atoms with Crippen molar-refractivity contribution in [1.29, 1.82) is 0 Å². The molecule has 6 nitrogen and oxygen atoms in total. The van der Waals surface area contributed by atoms with Crippen LogP contribution >= 0.6 is 0 Å². The first-order valence-corrected chi connectivity index (χ1v) is 8.60. The number of rotatable bonds is 6. The van der Waals surface area contributed by atoms with E-state index >= 15 is 0 Å². The van der Waals surface area contributed by atoms with Crippen molar-refractivity contribution in [3.63, 3.8) is 0 Å². The van der Waals surface area contributed by atoms with Crippen LogP contribution in [0.3, 0.4) is 0 Å². The predicted molar refractivity (Wildman–Crippen MR) is 103 cm³/mol. The number of benzene rings is 3. The van der Waals surface area contributed by atoms with Gasteiger partial charge < -0.3 is 9.47 Å². The lowest BCUT2D eigenvalue weighted by Crippen LogP contribution is -2.43. The van der Waals surface area contributed by atoms with Crippen LogP contribution in [-0.4, -0.2) is 25.0 Å². The van der Waals surface area contributed by atoms with Crippen LogP contribution in [0, 0.1) is 0 Å². The lowest BCUT2D eigenvalue weighted by atomic mass is 10.0. The maximum atomic E-state index is 12.4. The van der Waals surface area contributed by atoms with Crippen molar-refractivity contribution in [1.82, 2.24) is 10.9 Å². The second-order valence-electron chi connectivity index (χ2n) is 5.70. The number of hydrogen-bond acceptors (Lipinski definition) is 4. The van der Waals surface area contributed by atoms with Crippen LogP contribution in [0.15, 0.2) is 66.7 Å². The number of carbonyl (C=O) groups is 2. The molecule has 0 saturated heterocycles. The first-order chi connectivity index (χ1) is 13.2. The molecule has 0 aromatic heterocycles. The van der Waals surface area contributed by atoms with Crippen LogP contribution in [0.4, 0.5) is 0 Å². The molecule has 0 bridgehead atoms. The van der Waals surface area contributed by atoms with Crippen LogP contribution in [0.2, 0.25) is 0 Å². The first-order valence-electron chi connectivity index (χ1n) is 8.60. The van der Waals surface area contributed by atoms with Crippen LogP contribution in [-0.2, 0) is 4.79 Å². The molecule has 0 aliphatic rings. The van der Waals surface area contributed by atoms with Crippen molar-refractivity contribution in [2.24, 2.45) is 0 Å². The lowest BCUT2D eigenvalue weighted by molar-refractivity contribution is -0.123. The van der Waals surface area contributed by atoms with Gasteiger partial charge in [-0.3, -0.25) is 20.4 Å². The van der Waals surface area contributed by atoms with Gasteiger partial charge >= 0.3 is 0 Å². The molecular formula is C21H20N2O4. The Morgan fingerprint density at radius 1 is 0.815 bits per heavy atom. The van der Waals surface area contributed by atoms with E-state index in [0.717, 1.165) is 10.8 Å². The molecule has 0 heterocycles. The molecule has 3 rings (SSSR count). The van der Waals surface area contributed by atoms with Crippen LogP contribution in [0.1, 0.15) is 17.3 Å². The summed E-state index contributed by atoms with van der Waals surface area (Å²) in [6, 6.07) is 20.1. The van der Waals surface area contributed by atoms with Gasteiger partial charge in [0.25, 0.3) is 11.8 Å². The van der Waals surface area contributed by atoms with Crippen molar-refractivity contribution >= 4 is 22.6 Å². The van der Waals surface area contributed by atoms with Crippen LogP contribution in [0.25, 0.3) is 10.8 Å². The van der Waals surface area contributed by atoms with E-state index in [4.69, 9.17) is 9.47 Å². The van der Waals surface area contributed by atoms with Crippen LogP contribution in [0.5, 0.6) is 11.5 Å². The highest BCUT2D eigenvalue weighted by Crippen LogP contribution is 2.26. The van der Waals surface area contributed by atoms with Gasteiger partial charge in [0.2, 0.25) is 0 Å². The number of carbonyl (C=O) groups excluding carboxylic acids is 2. The molecule has 0 aliphatic carbocycles. The number of ether oxygens (including phenoxy) is 2. The molecule has 2 N–H and O–H groups in total. The van der Waals surface area contributed by atoms with Gasteiger partial charge in [-0.15, -0.1) is 0 Å². The summed E-state index contributed by atoms with van der Waals surface area (Å²) in [7, 11) is 0. The Morgan fingerprint density at radius 3 is 2.26 bits per heavy atom. The zero-order valence-corrected chi connectivity index (χ0v) is 14.9. The van der Waals surface area contributed by atoms with E-state index in [1.165, 1.54) is 0 Å². The summed E-state index contributed by atoms with van der Waals surface area (Å²) in [4.78, 5) is 24.4. The maximum absolute atomic E-state index is 12.4. The minimum absolute atomic E-state index is 0.250. The third-order valence-electron chi connectivity index (χ3n) is 3.86. The van der Waals surface area contributed by atoms with Gasteiger partial charge in [0.1, 0.15) is 0 Å². The smallest absolute Gasteiger partial charge is 0.276 e. The summed E-state index contributed by atoms with van der Waals surface area (Å²) in [5, 5.41) is 1.76. The molecule has 3 aromatic rings. The lowest BCUT2D eigenvalue weighted by Gasteiger charge is -2.12. The van der Waals surface area contributed by atoms with Crippen molar-refractivity contribution in [3.05, 3.63) is 72.3 Å². The predicted octanol–water partition coefficient (Wildman–Crippen LogP) is 3.08. The molecule has 6 heteroatoms. The summed E-state index contributed by atoms with van der Waals surface area (Å²) in [6.45, 7) is 2.11. The van der Waals surface area contributed by atoms with E-state index in [1.54, 1.807) is 30.3 Å². The molecule has 0 aliphatic heterocycles. The van der Waals surface area contributed by atoms with Gasteiger partial charge in [0.15, 0.2) is 18.1 Å². The van der Waals surface area contributed by atoms with E-state index < -0.39 is 11.8 Å². The normalized spacial score (nSPS) is 10.3. The largest absolute Gasteiger partial charge is 0.490 e. The molecule has 138 valence electrons. The molecular weight excluding hydrogens is 344 g/mol. The molecule has 0 fully saturated rings. The Morgan fingerprint density at radius 2 is 1.48 bits per heavy atom. The fraction of sp³-hybridized carbons (Fsp3) is 0.143. The number of nitrogens with one attached hydrogen (secondary N) is 2. The molecule has 27 heavy (non-hydrogen) atoms. The highest BCUT2D eigenvalue weighted by Gasteiger charge is 2.12. The van der Waals surface area contributed by atoms with E-state index in [9.17, 15) is 9.59 Å². The summed E-state index contributed by atoms with van der Waals surface area (Å²) in [5.74, 6) is 0.159. The fourth-order valence-corrected chi connectivity index (χ4v) is 2.64. The Balaban J connectivity index is 1.57. The standard InChI is InChI=1S/C21H20N2O4/c1-2-26-18-12-5-6-13-19(18)27-14-20(24)22-23-21(25)17-11-7-9-15-8-3-4-10-16(15)17/h3-13H,2,14H2,1H3,(H,22,24)(H,23,25). The Kier molecular flexibility index (Phi) is 5.89. The summed E-state index contributed by atoms with van der Waals surface area (Å²) >= 11 is 0. The molecule has 0 saturated carbocycles. The van der Waals surface area contributed by atoms with Crippen molar-refractivity contribution in [3.8, 4) is 11.5 Å². The maximum Gasteiger partial charge on any atom is 0.276 e. The van der Waals surface area contributed by atoms with Gasteiger partial charge in [-0.05, 0) is 35.9 Å². The average Bonchev–Trinajstić information content (AvgIpc) is 2.71. The zero-order chi connectivity index (χ0) is 19.1. The number of amides is 2. The van der Waals surface area contributed by atoms with Crippen LogP contribution < -0.4 is 20.3 Å². The van der Waals surface area contributed by atoms with E-state index in [1.807, 2.05) is 43.3 Å². The van der Waals surface area contributed by atoms with E-state index in [-0.39, 0.29) is 6.61 Å². The highest BCUT2D eigenvalue weighted by molar-refractivity contribution is 6.07. The molecule has 0 radical (unpaired) electrons. The fourth-order valence-electron chi connectivity index (χ4n) is 2.64. The number of hydrogen-bond donors (Lipinski definition) is 2. The molecule has 3 aromatic carbocycles. The molecule has 0 atom stereocenters. The number of hydrazine groups is 1. The highest BCUT2D eigenvalue weighted by atomic mass is 16.5. The third-order valence-corrected chi connectivity index (χ3v) is 3.86. The van der Waals surface area contributed by atoms with Crippen molar-refractivity contribution in [2.75, 3.05) is 13.2 Å². The van der Waals surface area contributed by atoms with Gasteiger partial charge in [0.05, 0.1) is 6.61 Å². The summed E-state index contributed by atoms with van der Waals surface area (Å²) < 4.78 is 10.9. The molecule has 2 amide bonds.